The number of nitrogens with one attached hydrogen (secondary N) is 3. The minimum Gasteiger partial charge on any atom is -0.355 e. The Balaban J connectivity index is 1.65. The number of hydrogen-bond donors (Lipinski definition) is 3. The molecule has 0 fully saturated rings. The molecule has 0 radical (unpaired) electrons. The molecule has 2 aromatic heterocycles. The summed E-state index contributed by atoms with van der Waals surface area (Å²) in [4.78, 5) is 31.4. The summed E-state index contributed by atoms with van der Waals surface area (Å²) in [5.41, 5.74) is 0.667. The molecule has 27 heavy (non-hydrogen) atoms. The Morgan fingerprint density at radius 2 is 1.96 bits per heavy atom. The number of rotatable bonds is 5. The Morgan fingerprint density at radius 1 is 1.26 bits per heavy atom. The second-order valence-corrected chi connectivity index (χ2v) is 8.03. The standard InChI is InChI=1S/C18H21BrN6O2/c1-18(2,3)25-15-13(10-21-25)16(27)24-17(23-15)20-9-8-14(26)22-12-6-4-11(19)5-7-12/h4-7,10H,8-9H2,1-3H3,(H,22,26)(H2,20,23,24,27). The van der Waals surface area contributed by atoms with Gasteiger partial charge in [-0.15, -0.1) is 0 Å². The Labute approximate surface area is 164 Å². The largest absolute Gasteiger partial charge is 0.355 e. The quantitative estimate of drug-likeness (QED) is 0.574. The van der Waals surface area contributed by atoms with Gasteiger partial charge in [0.1, 0.15) is 5.39 Å². The number of H-pyrrole nitrogens is 1. The zero-order valence-electron chi connectivity index (χ0n) is 15.3. The molecular weight excluding hydrogens is 412 g/mol. The van der Waals surface area contributed by atoms with Crippen LogP contribution in [0.4, 0.5) is 11.6 Å². The maximum Gasteiger partial charge on any atom is 0.263 e. The lowest BCUT2D eigenvalue weighted by Crippen LogP contribution is -2.24. The number of aromatic amines is 1. The van der Waals surface area contributed by atoms with Gasteiger partial charge in [-0.1, -0.05) is 15.9 Å². The molecule has 0 spiro atoms. The summed E-state index contributed by atoms with van der Waals surface area (Å²) in [6.45, 7) is 6.30. The third-order valence-corrected chi connectivity index (χ3v) is 4.37. The molecule has 8 nitrogen and oxygen atoms in total. The lowest BCUT2D eigenvalue weighted by molar-refractivity contribution is -0.115. The van der Waals surface area contributed by atoms with E-state index in [1.807, 2.05) is 45.0 Å². The number of aromatic nitrogens is 4. The first-order valence-corrected chi connectivity index (χ1v) is 9.31. The normalized spacial score (nSPS) is 11.6. The van der Waals surface area contributed by atoms with E-state index in [4.69, 9.17) is 0 Å². The maximum absolute atomic E-state index is 12.2. The molecule has 0 aliphatic carbocycles. The molecule has 0 saturated carbocycles. The number of nitrogens with zero attached hydrogens (tertiary/aromatic N) is 3. The number of amides is 1. The van der Waals surface area contributed by atoms with Crippen LogP contribution in [0.25, 0.3) is 11.0 Å². The molecule has 3 rings (SSSR count). The number of benzene rings is 1. The topological polar surface area (TPSA) is 105 Å². The van der Waals surface area contributed by atoms with Crippen LogP contribution in [0.5, 0.6) is 0 Å². The molecule has 0 unspecified atom stereocenters. The number of halogens is 1. The van der Waals surface area contributed by atoms with Crippen molar-refractivity contribution in [1.29, 1.82) is 0 Å². The molecule has 0 aliphatic rings. The van der Waals surface area contributed by atoms with Crippen LogP contribution in [0.15, 0.2) is 39.7 Å². The van der Waals surface area contributed by atoms with Crippen LogP contribution in [-0.4, -0.2) is 32.2 Å². The molecule has 142 valence electrons. The monoisotopic (exact) mass is 432 g/mol. The van der Waals surface area contributed by atoms with E-state index in [-0.39, 0.29) is 23.4 Å². The summed E-state index contributed by atoms with van der Waals surface area (Å²) in [6, 6.07) is 7.35. The van der Waals surface area contributed by atoms with Gasteiger partial charge in [-0.3, -0.25) is 14.6 Å². The maximum atomic E-state index is 12.2. The number of hydrogen-bond acceptors (Lipinski definition) is 5. The minimum atomic E-state index is -0.301. The first-order chi connectivity index (χ1) is 12.7. The fraction of sp³-hybridized carbons (Fsp3) is 0.333. The number of carbonyl (C=O) groups is 1. The summed E-state index contributed by atoms with van der Waals surface area (Å²) < 4.78 is 2.66. The van der Waals surface area contributed by atoms with Gasteiger partial charge in [0.25, 0.3) is 5.56 Å². The van der Waals surface area contributed by atoms with Crippen molar-refractivity contribution in [3.05, 3.63) is 45.3 Å². The predicted molar refractivity (Wildman–Crippen MR) is 109 cm³/mol. The fourth-order valence-electron chi connectivity index (χ4n) is 2.54. The van der Waals surface area contributed by atoms with Crippen molar-refractivity contribution in [3.8, 4) is 0 Å². The van der Waals surface area contributed by atoms with Gasteiger partial charge in [-0.2, -0.15) is 10.1 Å². The molecule has 0 atom stereocenters. The highest BCUT2D eigenvalue weighted by molar-refractivity contribution is 9.10. The summed E-state index contributed by atoms with van der Waals surface area (Å²) >= 11 is 3.35. The SMILES string of the molecule is CC(C)(C)n1ncc2c(=O)[nH]c(NCCC(=O)Nc3ccc(Br)cc3)nc21. The van der Waals surface area contributed by atoms with Gasteiger partial charge in [-0.25, -0.2) is 4.68 Å². The Kier molecular flexibility index (Phi) is 5.31. The second-order valence-electron chi connectivity index (χ2n) is 7.11. The number of fused-ring (bicyclic) bond motifs is 1. The predicted octanol–water partition coefficient (Wildman–Crippen LogP) is 3.08. The van der Waals surface area contributed by atoms with Gasteiger partial charge in [0.15, 0.2) is 5.65 Å². The van der Waals surface area contributed by atoms with Crippen molar-refractivity contribution in [3.63, 3.8) is 0 Å². The van der Waals surface area contributed by atoms with E-state index in [0.717, 1.165) is 10.2 Å². The van der Waals surface area contributed by atoms with Crippen molar-refractivity contribution in [2.24, 2.45) is 0 Å². The molecule has 2 heterocycles. The van der Waals surface area contributed by atoms with E-state index in [1.54, 1.807) is 4.68 Å². The molecule has 1 aromatic carbocycles. The molecular formula is C18H21BrN6O2. The van der Waals surface area contributed by atoms with Gasteiger partial charge in [0.05, 0.1) is 11.7 Å². The molecule has 0 aliphatic heterocycles. The van der Waals surface area contributed by atoms with Crippen LogP contribution in [0, 0.1) is 0 Å². The summed E-state index contributed by atoms with van der Waals surface area (Å²) in [5, 5.41) is 10.5. The summed E-state index contributed by atoms with van der Waals surface area (Å²) in [6.07, 6.45) is 1.75. The fourth-order valence-corrected chi connectivity index (χ4v) is 2.81. The van der Waals surface area contributed by atoms with Gasteiger partial charge >= 0.3 is 0 Å². The summed E-state index contributed by atoms with van der Waals surface area (Å²) in [5.74, 6) is 0.183. The van der Waals surface area contributed by atoms with Crippen molar-refractivity contribution in [2.75, 3.05) is 17.2 Å². The van der Waals surface area contributed by atoms with Gasteiger partial charge in [0, 0.05) is 23.1 Å². The van der Waals surface area contributed by atoms with Crippen molar-refractivity contribution in [2.45, 2.75) is 32.7 Å². The van der Waals surface area contributed by atoms with Crippen molar-refractivity contribution >= 4 is 44.5 Å². The lowest BCUT2D eigenvalue weighted by atomic mass is 10.1. The zero-order chi connectivity index (χ0) is 19.6. The van der Waals surface area contributed by atoms with Crippen molar-refractivity contribution < 1.29 is 4.79 Å². The summed E-state index contributed by atoms with van der Waals surface area (Å²) in [7, 11) is 0. The van der Waals surface area contributed by atoms with E-state index in [2.05, 4.69) is 41.6 Å². The van der Waals surface area contributed by atoms with Gasteiger partial charge in [-0.05, 0) is 45.0 Å². The Morgan fingerprint density at radius 3 is 2.63 bits per heavy atom. The van der Waals surface area contributed by atoms with Crippen LogP contribution >= 0.6 is 15.9 Å². The van der Waals surface area contributed by atoms with E-state index in [1.165, 1.54) is 6.20 Å². The third kappa shape index (κ3) is 4.54. The van der Waals surface area contributed by atoms with Crippen LogP contribution in [0.2, 0.25) is 0 Å². The van der Waals surface area contributed by atoms with E-state index >= 15 is 0 Å². The molecule has 3 N–H and O–H groups in total. The molecule has 0 saturated heterocycles. The molecule has 3 aromatic rings. The van der Waals surface area contributed by atoms with Crippen molar-refractivity contribution in [1.82, 2.24) is 19.7 Å². The van der Waals surface area contributed by atoms with E-state index < -0.39 is 0 Å². The zero-order valence-corrected chi connectivity index (χ0v) is 16.9. The highest BCUT2D eigenvalue weighted by Crippen LogP contribution is 2.18. The van der Waals surface area contributed by atoms with Gasteiger partial charge < -0.3 is 10.6 Å². The van der Waals surface area contributed by atoms with Crippen LogP contribution < -0.4 is 16.2 Å². The first kappa shape index (κ1) is 19.1. The number of anilines is 2. The first-order valence-electron chi connectivity index (χ1n) is 8.52. The number of carbonyl (C=O) groups excluding carboxylic acids is 1. The molecule has 0 bridgehead atoms. The average Bonchev–Trinajstić information content (AvgIpc) is 3.02. The highest BCUT2D eigenvalue weighted by Gasteiger charge is 2.19. The van der Waals surface area contributed by atoms with Gasteiger partial charge in [0.2, 0.25) is 11.9 Å². The Hall–Kier alpha value is -2.68. The van der Waals surface area contributed by atoms with Crippen LogP contribution in [0.1, 0.15) is 27.2 Å². The third-order valence-electron chi connectivity index (χ3n) is 3.85. The second kappa shape index (κ2) is 7.51. The average molecular weight is 433 g/mol. The Bertz CT molecular complexity index is 1020. The molecule has 9 heteroatoms. The van der Waals surface area contributed by atoms with E-state index in [9.17, 15) is 9.59 Å². The van der Waals surface area contributed by atoms with Crippen LogP contribution in [-0.2, 0) is 10.3 Å². The molecule has 1 amide bonds. The van der Waals surface area contributed by atoms with Crippen LogP contribution in [0.3, 0.4) is 0 Å². The van der Waals surface area contributed by atoms with E-state index in [0.29, 0.717) is 23.5 Å². The highest BCUT2D eigenvalue weighted by atomic mass is 79.9. The lowest BCUT2D eigenvalue weighted by Gasteiger charge is -2.19. The smallest absolute Gasteiger partial charge is 0.263 e. The minimum absolute atomic E-state index is 0.131.